The smallest absolute Gasteiger partial charge is 0.269 e. The van der Waals surface area contributed by atoms with Gasteiger partial charge >= 0.3 is 0 Å². The third kappa shape index (κ3) is 3.34. The molecule has 2 heterocycles. The van der Waals surface area contributed by atoms with Crippen molar-refractivity contribution in [1.82, 2.24) is 0 Å². The fourth-order valence-electron chi connectivity index (χ4n) is 3.10. The van der Waals surface area contributed by atoms with Crippen LogP contribution < -0.4 is 4.90 Å². The molecule has 1 aromatic heterocycles. The molecular formula is C20H18N2O3S. The lowest BCUT2D eigenvalue weighted by Gasteiger charge is -2.28. The van der Waals surface area contributed by atoms with Crippen LogP contribution in [0.3, 0.4) is 0 Å². The molecule has 0 unspecified atom stereocenters. The third-order valence-electron chi connectivity index (χ3n) is 4.46. The summed E-state index contributed by atoms with van der Waals surface area (Å²) >= 11 is 1.73. The first kappa shape index (κ1) is 16.8. The zero-order valence-electron chi connectivity index (χ0n) is 14.1. The molecule has 132 valence electrons. The number of thiophene rings is 1. The molecule has 1 aliphatic rings. The minimum atomic E-state index is -0.368. The predicted molar refractivity (Wildman–Crippen MR) is 105 cm³/mol. The maximum Gasteiger partial charge on any atom is 0.269 e. The van der Waals surface area contributed by atoms with Gasteiger partial charge in [-0.2, -0.15) is 0 Å². The predicted octanol–water partition coefficient (Wildman–Crippen LogP) is 4.83. The number of rotatable bonds is 4. The Labute approximate surface area is 155 Å². The minimum Gasteiger partial charge on any atom is -0.378 e. The number of non-ortho nitro benzene ring substituents is 1. The first-order chi connectivity index (χ1) is 12.7. The normalized spacial score (nSPS) is 14.4. The van der Waals surface area contributed by atoms with Gasteiger partial charge in [-0.3, -0.25) is 10.1 Å². The number of ether oxygens (including phenoxy) is 1. The van der Waals surface area contributed by atoms with E-state index in [9.17, 15) is 10.1 Å². The Morgan fingerprint density at radius 2 is 1.65 bits per heavy atom. The minimum absolute atomic E-state index is 0.113. The molecule has 0 aliphatic carbocycles. The molecule has 0 N–H and O–H groups in total. The number of nitro groups is 1. The second kappa shape index (κ2) is 7.27. The second-order valence-electron chi connectivity index (χ2n) is 6.10. The molecule has 1 fully saturated rings. The Hall–Kier alpha value is -2.70. The lowest BCUT2D eigenvalue weighted by Crippen LogP contribution is -2.35. The molecule has 3 aromatic rings. The van der Waals surface area contributed by atoms with Gasteiger partial charge in [-0.05, 0) is 29.3 Å². The van der Waals surface area contributed by atoms with E-state index < -0.39 is 0 Å². The lowest BCUT2D eigenvalue weighted by molar-refractivity contribution is -0.384. The second-order valence-corrected chi connectivity index (χ2v) is 7.13. The topological polar surface area (TPSA) is 55.6 Å². The van der Waals surface area contributed by atoms with Crippen LogP contribution in [-0.4, -0.2) is 31.2 Å². The molecule has 6 heteroatoms. The van der Waals surface area contributed by atoms with E-state index in [4.69, 9.17) is 4.74 Å². The van der Waals surface area contributed by atoms with Gasteiger partial charge in [0, 0.05) is 35.7 Å². The Morgan fingerprint density at radius 1 is 0.962 bits per heavy atom. The number of morpholine rings is 1. The van der Waals surface area contributed by atoms with Crippen LogP contribution >= 0.6 is 11.3 Å². The van der Waals surface area contributed by atoms with Gasteiger partial charge in [0.25, 0.3) is 5.69 Å². The molecule has 0 bridgehead atoms. The van der Waals surface area contributed by atoms with Crippen LogP contribution in [0.25, 0.3) is 21.6 Å². The van der Waals surface area contributed by atoms with E-state index in [0.717, 1.165) is 36.7 Å². The zero-order chi connectivity index (χ0) is 17.9. The van der Waals surface area contributed by atoms with Crippen LogP contribution in [0, 0.1) is 10.1 Å². The summed E-state index contributed by atoms with van der Waals surface area (Å²) < 4.78 is 5.49. The van der Waals surface area contributed by atoms with Crippen molar-refractivity contribution in [1.29, 1.82) is 0 Å². The van der Waals surface area contributed by atoms with E-state index in [1.165, 1.54) is 16.1 Å². The van der Waals surface area contributed by atoms with Gasteiger partial charge < -0.3 is 9.64 Å². The summed E-state index contributed by atoms with van der Waals surface area (Å²) in [5, 5.41) is 12.1. The van der Waals surface area contributed by atoms with Gasteiger partial charge in [0.2, 0.25) is 0 Å². The van der Waals surface area contributed by atoms with Crippen molar-refractivity contribution >= 4 is 22.0 Å². The van der Waals surface area contributed by atoms with E-state index in [0.29, 0.717) is 0 Å². The molecule has 4 rings (SSSR count). The van der Waals surface area contributed by atoms with E-state index in [1.54, 1.807) is 23.5 Å². The monoisotopic (exact) mass is 366 g/mol. The molecular weight excluding hydrogens is 348 g/mol. The van der Waals surface area contributed by atoms with Crippen molar-refractivity contribution in [2.24, 2.45) is 0 Å². The summed E-state index contributed by atoms with van der Waals surface area (Å²) in [7, 11) is 0. The number of nitrogens with zero attached hydrogens (tertiary/aromatic N) is 2. The van der Waals surface area contributed by atoms with Gasteiger partial charge in [-0.1, -0.05) is 30.3 Å². The molecule has 0 amide bonds. The molecule has 0 saturated carbocycles. The average Bonchev–Trinajstić information content (AvgIpc) is 3.15. The number of hydrogen-bond acceptors (Lipinski definition) is 5. The summed E-state index contributed by atoms with van der Waals surface area (Å²) in [6, 6.07) is 19.3. The molecule has 1 saturated heterocycles. The highest BCUT2D eigenvalue weighted by Crippen LogP contribution is 2.43. The number of anilines is 1. The van der Waals surface area contributed by atoms with Crippen LogP contribution in [0.2, 0.25) is 0 Å². The van der Waals surface area contributed by atoms with Gasteiger partial charge in [0.05, 0.1) is 23.1 Å². The molecule has 0 spiro atoms. The molecule has 1 aliphatic heterocycles. The molecule has 26 heavy (non-hydrogen) atoms. The zero-order valence-corrected chi connectivity index (χ0v) is 14.9. The van der Waals surface area contributed by atoms with Crippen LogP contribution in [0.5, 0.6) is 0 Å². The van der Waals surface area contributed by atoms with Crippen molar-refractivity contribution < 1.29 is 9.66 Å². The Bertz CT molecular complexity index is 901. The van der Waals surface area contributed by atoms with Crippen molar-refractivity contribution in [2.45, 2.75) is 0 Å². The summed E-state index contributed by atoms with van der Waals surface area (Å²) in [5.41, 5.74) is 3.49. The fourth-order valence-corrected chi connectivity index (χ4v) is 4.33. The summed E-state index contributed by atoms with van der Waals surface area (Å²) in [6.45, 7) is 3.22. The molecule has 0 radical (unpaired) electrons. The molecule has 2 aromatic carbocycles. The Balaban J connectivity index is 1.76. The third-order valence-corrected chi connectivity index (χ3v) is 5.70. The fraction of sp³-hybridized carbons (Fsp3) is 0.200. The van der Waals surface area contributed by atoms with Crippen LogP contribution in [0.4, 0.5) is 10.7 Å². The largest absolute Gasteiger partial charge is 0.378 e. The van der Waals surface area contributed by atoms with Crippen LogP contribution in [0.1, 0.15) is 0 Å². The summed E-state index contributed by atoms with van der Waals surface area (Å²) in [4.78, 5) is 14.0. The van der Waals surface area contributed by atoms with E-state index in [1.807, 2.05) is 30.3 Å². The van der Waals surface area contributed by atoms with Crippen LogP contribution in [-0.2, 0) is 4.74 Å². The number of benzene rings is 2. The molecule has 5 nitrogen and oxygen atoms in total. The van der Waals surface area contributed by atoms with Crippen molar-refractivity contribution in [2.75, 3.05) is 31.2 Å². The highest BCUT2D eigenvalue weighted by Gasteiger charge is 2.20. The Morgan fingerprint density at radius 3 is 2.31 bits per heavy atom. The van der Waals surface area contributed by atoms with Crippen molar-refractivity contribution in [3.05, 3.63) is 70.8 Å². The van der Waals surface area contributed by atoms with Gasteiger partial charge in [-0.15, -0.1) is 11.3 Å². The van der Waals surface area contributed by atoms with Gasteiger partial charge in [0.1, 0.15) is 0 Å². The standard InChI is InChI=1S/C20H18N2O3S/c23-22(24)17-8-6-16(7-9-17)19-14-18(15-4-2-1-3-5-15)20(26-19)21-10-12-25-13-11-21/h1-9,14H,10-13H2. The van der Waals surface area contributed by atoms with Crippen molar-refractivity contribution in [3.8, 4) is 21.6 Å². The summed E-state index contributed by atoms with van der Waals surface area (Å²) in [5.74, 6) is 0. The SMILES string of the molecule is O=[N+]([O-])c1ccc(-c2cc(-c3ccccc3)c(N3CCOCC3)s2)cc1. The van der Waals surface area contributed by atoms with E-state index >= 15 is 0 Å². The van der Waals surface area contributed by atoms with E-state index in [2.05, 4.69) is 23.1 Å². The number of nitro benzene ring substituents is 1. The van der Waals surface area contributed by atoms with Gasteiger partial charge in [-0.25, -0.2) is 0 Å². The van der Waals surface area contributed by atoms with Crippen LogP contribution in [0.15, 0.2) is 60.7 Å². The maximum atomic E-state index is 10.9. The lowest BCUT2D eigenvalue weighted by atomic mass is 10.1. The first-order valence-corrected chi connectivity index (χ1v) is 9.31. The summed E-state index contributed by atoms with van der Waals surface area (Å²) in [6.07, 6.45) is 0. The van der Waals surface area contributed by atoms with E-state index in [-0.39, 0.29) is 10.6 Å². The Kier molecular flexibility index (Phi) is 4.69. The maximum absolute atomic E-state index is 10.9. The highest BCUT2D eigenvalue weighted by atomic mass is 32.1. The first-order valence-electron chi connectivity index (χ1n) is 8.49. The van der Waals surface area contributed by atoms with Crippen molar-refractivity contribution in [3.63, 3.8) is 0 Å². The number of hydrogen-bond donors (Lipinski definition) is 0. The molecule has 0 atom stereocenters. The van der Waals surface area contributed by atoms with Gasteiger partial charge in [0.15, 0.2) is 0 Å². The average molecular weight is 366 g/mol. The highest BCUT2D eigenvalue weighted by molar-refractivity contribution is 7.20. The quantitative estimate of drug-likeness (QED) is 0.490.